The number of rotatable bonds is 5. The van der Waals surface area contributed by atoms with Gasteiger partial charge in [0.15, 0.2) is 6.61 Å². The number of hydrogen-bond donors (Lipinski definition) is 1. The quantitative estimate of drug-likeness (QED) is 0.445. The topological polar surface area (TPSA) is 93.5 Å². The van der Waals surface area contributed by atoms with Crippen LogP contribution in [0.5, 0.6) is 0 Å². The zero-order valence-corrected chi connectivity index (χ0v) is 19.8. The second-order valence-corrected chi connectivity index (χ2v) is 8.67. The van der Waals surface area contributed by atoms with Gasteiger partial charge in [0.1, 0.15) is 11.4 Å². The van der Waals surface area contributed by atoms with Crippen LogP contribution >= 0.6 is 0 Å². The van der Waals surface area contributed by atoms with Gasteiger partial charge in [-0.1, -0.05) is 12.1 Å². The molecule has 0 atom stereocenters. The maximum atomic E-state index is 13.2. The number of para-hydroxylation sites is 2. The summed E-state index contributed by atoms with van der Waals surface area (Å²) in [4.78, 5) is 39.3. The van der Waals surface area contributed by atoms with Crippen LogP contribution in [-0.4, -0.2) is 39.7 Å². The van der Waals surface area contributed by atoms with Gasteiger partial charge >= 0.3 is 5.97 Å². The number of aromatic nitrogens is 2. The Bertz CT molecular complexity index is 1340. The lowest BCUT2D eigenvalue weighted by Gasteiger charge is -2.41. The van der Waals surface area contributed by atoms with E-state index in [0.29, 0.717) is 28.3 Å². The third kappa shape index (κ3) is 4.57. The Kier molecular flexibility index (Phi) is 6.26. The first-order chi connectivity index (χ1) is 16.6. The number of fused-ring (bicyclic) bond motifs is 1. The molecule has 2 heterocycles. The summed E-state index contributed by atoms with van der Waals surface area (Å²) in [5.74, 6) is -1.90. The van der Waals surface area contributed by atoms with Gasteiger partial charge in [0, 0.05) is 17.3 Å². The van der Waals surface area contributed by atoms with Gasteiger partial charge < -0.3 is 10.1 Å². The average Bonchev–Trinajstić information content (AvgIpc) is 3.10. The van der Waals surface area contributed by atoms with Crippen molar-refractivity contribution in [2.45, 2.75) is 33.2 Å². The van der Waals surface area contributed by atoms with E-state index < -0.39 is 24.0 Å². The van der Waals surface area contributed by atoms with Crippen LogP contribution < -0.4 is 10.2 Å². The minimum Gasteiger partial charge on any atom is -0.452 e. The molecular formula is C26H25FN4O4. The number of halogens is 1. The highest BCUT2D eigenvalue weighted by atomic mass is 19.1. The maximum Gasteiger partial charge on any atom is 0.331 e. The minimum atomic E-state index is -1.16. The van der Waals surface area contributed by atoms with Crippen LogP contribution in [0.3, 0.4) is 0 Å². The van der Waals surface area contributed by atoms with E-state index in [1.54, 1.807) is 67.9 Å². The van der Waals surface area contributed by atoms with E-state index in [2.05, 4.69) is 10.4 Å². The van der Waals surface area contributed by atoms with Crippen molar-refractivity contribution in [3.63, 3.8) is 0 Å². The van der Waals surface area contributed by atoms with E-state index in [4.69, 9.17) is 4.74 Å². The Hall–Kier alpha value is -4.27. The molecule has 0 radical (unpaired) electrons. The summed E-state index contributed by atoms with van der Waals surface area (Å²) in [5.41, 5.74) is 2.72. The van der Waals surface area contributed by atoms with Gasteiger partial charge in [0.05, 0.1) is 22.8 Å². The Balaban J connectivity index is 1.46. The third-order valence-electron chi connectivity index (χ3n) is 5.90. The molecule has 1 aliphatic rings. The van der Waals surface area contributed by atoms with Crippen molar-refractivity contribution in [1.82, 2.24) is 9.78 Å². The summed E-state index contributed by atoms with van der Waals surface area (Å²) in [6.07, 6.45) is 2.79. The first kappa shape index (κ1) is 23.9. The zero-order valence-electron chi connectivity index (χ0n) is 19.8. The molecule has 0 fully saturated rings. The number of amides is 2. The smallest absolute Gasteiger partial charge is 0.331 e. The monoisotopic (exact) mass is 476 g/mol. The first-order valence-electron chi connectivity index (χ1n) is 11.0. The molecule has 4 rings (SSSR count). The number of carbonyl (C=O) groups is 3. The molecule has 0 aliphatic carbocycles. The number of nitrogens with one attached hydrogen (secondary N) is 1. The molecule has 9 heteroatoms. The average molecular weight is 477 g/mol. The van der Waals surface area contributed by atoms with Gasteiger partial charge in [0.25, 0.3) is 5.91 Å². The Morgan fingerprint density at radius 3 is 2.51 bits per heavy atom. The van der Waals surface area contributed by atoms with Crippen LogP contribution in [0.2, 0.25) is 0 Å². The standard InChI is InChI=1S/C26H25FN4O4/c1-16-20(17(2)31(29-16)19-11-9-18(27)10-12-19)13-14-24(33)35-15-23(32)30-22-8-6-5-7-21(22)28-25(34)26(30,3)4/h5-14H,15H2,1-4H3,(H,28,34)/b14-13+. The van der Waals surface area contributed by atoms with E-state index in [1.165, 1.54) is 23.1 Å². The van der Waals surface area contributed by atoms with E-state index in [0.717, 1.165) is 5.69 Å². The summed E-state index contributed by atoms with van der Waals surface area (Å²) >= 11 is 0. The second-order valence-electron chi connectivity index (χ2n) is 8.67. The number of aryl methyl sites for hydroxylation is 1. The van der Waals surface area contributed by atoms with Crippen LogP contribution in [-0.2, 0) is 19.1 Å². The molecule has 1 N–H and O–H groups in total. The molecule has 3 aromatic rings. The molecule has 0 saturated carbocycles. The fourth-order valence-electron chi connectivity index (χ4n) is 4.02. The summed E-state index contributed by atoms with van der Waals surface area (Å²) in [6, 6.07) is 12.9. The van der Waals surface area contributed by atoms with Crippen molar-refractivity contribution in [2.75, 3.05) is 16.8 Å². The molecule has 1 aromatic heterocycles. The number of benzene rings is 2. The number of esters is 1. The number of nitrogens with zero attached hydrogens (tertiary/aromatic N) is 3. The largest absolute Gasteiger partial charge is 0.452 e. The van der Waals surface area contributed by atoms with Gasteiger partial charge in [0.2, 0.25) is 5.91 Å². The summed E-state index contributed by atoms with van der Waals surface area (Å²) in [7, 11) is 0. The molecule has 180 valence electrons. The molecule has 0 unspecified atom stereocenters. The van der Waals surface area contributed by atoms with Crippen molar-refractivity contribution >= 4 is 35.2 Å². The van der Waals surface area contributed by atoms with Gasteiger partial charge in [-0.3, -0.25) is 14.5 Å². The van der Waals surface area contributed by atoms with Crippen molar-refractivity contribution in [2.24, 2.45) is 0 Å². The number of hydrogen-bond acceptors (Lipinski definition) is 5. The van der Waals surface area contributed by atoms with Gasteiger partial charge in [-0.15, -0.1) is 0 Å². The molecule has 0 spiro atoms. The van der Waals surface area contributed by atoms with Crippen molar-refractivity contribution in [3.8, 4) is 5.69 Å². The number of ether oxygens (including phenoxy) is 1. The maximum absolute atomic E-state index is 13.2. The molecule has 0 bridgehead atoms. The van der Waals surface area contributed by atoms with E-state index in [1.807, 2.05) is 6.92 Å². The highest BCUT2D eigenvalue weighted by Crippen LogP contribution is 2.36. The second kappa shape index (κ2) is 9.17. The SMILES string of the molecule is Cc1nn(-c2ccc(F)cc2)c(C)c1/C=C/C(=O)OCC(=O)N1c2ccccc2NC(=O)C1(C)C. The molecule has 0 saturated heterocycles. The van der Waals surface area contributed by atoms with E-state index in [-0.39, 0.29) is 11.7 Å². The van der Waals surface area contributed by atoms with E-state index in [9.17, 15) is 18.8 Å². The molecule has 2 amide bonds. The van der Waals surface area contributed by atoms with Crippen molar-refractivity contribution < 1.29 is 23.5 Å². The number of carbonyl (C=O) groups excluding carboxylic acids is 3. The lowest BCUT2D eigenvalue weighted by molar-refractivity contribution is -0.143. The van der Waals surface area contributed by atoms with Crippen LogP contribution in [0.15, 0.2) is 54.6 Å². The Labute approximate surface area is 202 Å². The van der Waals surface area contributed by atoms with Crippen molar-refractivity contribution in [1.29, 1.82) is 0 Å². The predicted molar refractivity (Wildman–Crippen MR) is 130 cm³/mol. The summed E-state index contributed by atoms with van der Waals surface area (Å²) in [5, 5.41) is 7.25. The Morgan fingerprint density at radius 1 is 1.11 bits per heavy atom. The Morgan fingerprint density at radius 2 is 1.80 bits per heavy atom. The molecule has 8 nitrogen and oxygen atoms in total. The highest BCUT2D eigenvalue weighted by Gasteiger charge is 2.43. The number of anilines is 2. The fraction of sp³-hybridized carbons (Fsp3) is 0.231. The van der Waals surface area contributed by atoms with Crippen LogP contribution in [0.25, 0.3) is 11.8 Å². The van der Waals surface area contributed by atoms with Gasteiger partial charge in [-0.05, 0) is 70.2 Å². The van der Waals surface area contributed by atoms with Crippen LogP contribution in [0, 0.1) is 19.7 Å². The van der Waals surface area contributed by atoms with E-state index >= 15 is 0 Å². The molecular weight excluding hydrogens is 451 g/mol. The molecule has 2 aromatic carbocycles. The third-order valence-corrected chi connectivity index (χ3v) is 5.90. The van der Waals surface area contributed by atoms with Gasteiger partial charge in [-0.2, -0.15) is 5.10 Å². The van der Waals surface area contributed by atoms with Crippen molar-refractivity contribution in [3.05, 3.63) is 77.4 Å². The lowest BCUT2D eigenvalue weighted by atomic mass is 9.96. The minimum absolute atomic E-state index is 0.333. The van der Waals surface area contributed by atoms with Crippen LogP contribution in [0.1, 0.15) is 30.8 Å². The normalized spacial score (nSPS) is 14.5. The summed E-state index contributed by atoms with van der Waals surface area (Å²) < 4.78 is 20.1. The summed E-state index contributed by atoms with van der Waals surface area (Å²) in [6.45, 7) is 6.35. The zero-order chi connectivity index (χ0) is 25.3. The fourth-order valence-corrected chi connectivity index (χ4v) is 4.02. The first-order valence-corrected chi connectivity index (χ1v) is 11.0. The predicted octanol–water partition coefficient (Wildman–Crippen LogP) is 3.95. The van der Waals surface area contributed by atoms with Gasteiger partial charge in [-0.25, -0.2) is 13.9 Å². The highest BCUT2D eigenvalue weighted by molar-refractivity contribution is 6.14. The lowest BCUT2D eigenvalue weighted by Crippen LogP contribution is -2.59. The molecule has 1 aliphatic heterocycles. The molecule has 35 heavy (non-hydrogen) atoms. The van der Waals surface area contributed by atoms with Crippen LogP contribution in [0.4, 0.5) is 15.8 Å².